The number of likely N-dealkylation sites (tertiary alicyclic amines) is 1. The van der Waals surface area contributed by atoms with Gasteiger partial charge in [0.05, 0.1) is 18.4 Å². The fraction of sp³-hybridized carbons (Fsp3) is 0.516. The molecule has 1 aromatic carbocycles. The number of rotatable bonds is 6. The Hall–Kier alpha value is -3.33. The van der Waals surface area contributed by atoms with Crippen LogP contribution in [0.2, 0.25) is 0 Å². The van der Waals surface area contributed by atoms with Gasteiger partial charge in [0.1, 0.15) is 18.1 Å². The number of hydrogen-bond donors (Lipinski definition) is 1. The lowest BCUT2D eigenvalue weighted by molar-refractivity contribution is 0.254. The molecule has 1 aliphatic carbocycles. The lowest BCUT2D eigenvalue weighted by atomic mass is 9.85. The molecule has 4 heterocycles. The zero-order valence-corrected chi connectivity index (χ0v) is 23.6. The highest BCUT2D eigenvalue weighted by atomic mass is 19.1. The largest absolute Gasteiger partial charge is 0.486 e. The number of nitrogens with zero attached hydrogens (tertiary/aromatic N) is 5. The number of piperidine rings is 1. The van der Waals surface area contributed by atoms with Gasteiger partial charge in [-0.05, 0) is 89.3 Å². The second kappa shape index (κ2) is 11.3. The first-order valence-electron chi connectivity index (χ1n) is 14.6. The number of aromatic nitrogens is 3. The van der Waals surface area contributed by atoms with E-state index >= 15 is 8.78 Å². The third-order valence-corrected chi connectivity index (χ3v) is 8.65. The van der Waals surface area contributed by atoms with Crippen LogP contribution in [0, 0.1) is 11.6 Å². The number of benzene rings is 1. The summed E-state index contributed by atoms with van der Waals surface area (Å²) in [7, 11) is 2.18. The van der Waals surface area contributed by atoms with Crippen molar-refractivity contribution in [1.29, 1.82) is 0 Å². The van der Waals surface area contributed by atoms with E-state index in [0.29, 0.717) is 42.1 Å². The number of anilines is 3. The number of halogens is 2. The molecule has 1 saturated carbocycles. The van der Waals surface area contributed by atoms with Crippen LogP contribution in [0.4, 0.5) is 26.2 Å². The van der Waals surface area contributed by atoms with E-state index in [1.807, 2.05) is 19.9 Å². The SMILES string of the molecule is CC(C)N1CCOc2c(F)cc(-c3nc(Nc4ccc(C5CCN(C)CC5)c(C5CCCC5)n4)ncc3F)cc21. The van der Waals surface area contributed by atoms with Crippen molar-refractivity contribution in [3.05, 3.63) is 53.4 Å². The molecule has 2 aliphatic heterocycles. The maximum atomic E-state index is 15.1. The lowest BCUT2D eigenvalue weighted by Crippen LogP contribution is -2.38. The Balaban J connectivity index is 1.31. The topological polar surface area (TPSA) is 66.4 Å². The number of pyridine rings is 1. The van der Waals surface area contributed by atoms with Crippen molar-refractivity contribution in [2.45, 2.75) is 70.3 Å². The summed E-state index contributed by atoms with van der Waals surface area (Å²) in [4.78, 5) is 18.2. The standard InChI is InChI=1S/C31H38F2N6O/c1-19(2)39-14-15-40-30-24(32)16-22(17-26(30)39)29-25(33)18-34-31(37-29)36-27-9-8-23(20-10-12-38(3)13-11-20)28(35-27)21-6-4-5-7-21/h8-9,16-21H,4-7,10-15H2,1-3H3,(H,34,35,36,37). The molecule has 0 unspecified atom stereocenters. The van der Waals surface area contributed by atoms with Gasteiger partial charge in [-0.1, -0.05) is 18.9 Å². The Labute approximate surface area is 235 Å². The van der Waals surface area contributed by atoms with E-state index in [0.717, 1.165) is 45.0 Å². The van der Waals surface area contributed by atoms with E-state index in [2.05, 4.69) is 38.2 Å². The van der Waals surface area contributed by atoms with Crippen LogP contribution in [0.5, 0.6) is 5.75 Å². The summed E-state index contributed by atoms with van der Waals surface area (Å²) in [6.45, 7) is 7.32. The van der Waals surface area contributed by atoms with Gasteiger partial charge in [-0.25, -0.2) is 23.7 Å². The molecule has 3 aromatic rings. The predicted octanol–water partition coefficient (Wildman–Crippen LogP) is 6.63. The fourth-order valence-electron chi connectivity index (χ4n) is 6.47. The summed E-state index contributed by atoms with van der Waals surface area (Å²) in [6, 6.07) is 7.37. The van der Waals surface area contributed by atoms with Crippen LogP contribution in [-0.4, -0.2) is 59.2 Å². The molecule has 40 heavy (non-hydrogen) atoms. The van der Waals surface area contributed by atoms with Crippen molar-refractivity contribution in [3.8, 4) is 17.0 Å². The van der Waals surface area contributed by atoms with Crippen LogP contribution in [0.15, 0.2) is 30.5 Å². The summed E-state index contributed by atoms with van der Waals surface area (Å²) >= 11 is 0. The van der Waals surface area contributed by atoms with E-state index in [-0.39, 0.29) is 23.4 Å². The Morgan fingerprint density at radius 2 is 1.73 bits per heavy atom. The predicted molar refractivity (Wildman–Crippen MR) is 154 cm³/mol. The molecule has 0 bridgehead atoms. The van der Waals surface area contributed by atoms with Gasteiger partial charge in [-0.3, -0.25) is 0 Å². The Morgan fingerprint density at radius 1 is 0.950 bits per heavy atom. The van der Waals surface area contributed by atoms with Gasteiger partial charge in [-0.2, -0.15) is 0 Å². The highest BCUT2D eigenvalue weighted by molar-refractivity contribution is 5.73. The molecule has 212 valence electrons. The maximum Gasteiger partial charge on any atom is 0.229 e. The van der Waals surface area contributed by atoms with Gasteiger partial charge in [0, 0.05) is 23.2 Å². The van der Waals surface area contributed by atoms with E-state index in [1.54, 1.807) is 6.07 Å². The molecule has 2 fully saturated rings. The average Bonchev–Trinajstić information content (AvgIpc) is 3.49. The molecule has 0 radical (unpaired) electrons. The highest BCUT2D eigenvalue weighted by Gasteiger charge is 2.28. The number of hydrogen-bond acceptors (Lipinski definition) is 7. The molecule has 1 N–H and O–H groups in total. The highest BCUT2D eigenvalue weighted by Crippen LogP contribution is 2.41. The van der Waals surface area contributed by atoms with Crippen LogP contribution >= 0.6 is 0 Å². The Bertz CT molecular complexity index is 1370. The minimum absolute atomic E-state index is 0.0347. The first-order valence-corrected chi connectivity index (χ1v) is 14.6. The molecular weight excluding hydrogens is 510 g/mol. The summed E-state index contributed by atoms with van der Waals surface area (Å²) in [5.41, 5.74) is 3.54. The summed E-state index contributed by atoms with van der Waals surface area (Å²) in [5.74, 6) is 0.911. The van der Waals surface area contributed by atoms with Gasteiger partial charge in [0.25, 0.3) is 0 Å². The second-order valence-electron chi connectivity index (χ2n) is 11.7. The van der Waals surface area contributed by atoms with Gasteiger partial charge in [0.15, 0.2) is 17.4 Å². The molecule has 1 saturated heterocycles. The normalized spacial score (nSPS) is 18.7. The van der Waals surface area contributed by atoms with Crippen molar-refractivity contribution in [2.75, 3.05) is 43.5 Å². The summed E-state index contributed by atoms with van der Waals surface area (Å²) < 4.78 is 35.7. The third kappa shape index (κ3) is 5.36. The maximum absolute atomic E-state index is 15.1. The second-order valence-corrected chi connectivity index (χ2v) is 11.7. The molecule has 0 spiro atoms. The average molecular weight is 549 g/mol. The van der Waals surface area contributed by atoms with E-state index in [4.69, 9.17) is 9.72 Å². The third-order valence-electron chi connectivity index (χ3n) is 8.65. The molecule has 6 rings (SSSR count). The molecule has 0 atom stereocenters. The number of nitrogens with one attached hydrogen (secondary N) is 1. The Morgan fingerprint density at radius 3 is 2.48 bits per heavy atom. The van der Waals surface area contributed by atoms with Crippen LogP contribution < -0.4 is 15.0 Å². The van der Waals surface area contributed by atoms with Crippen LogP contribution in [0.1, 0.15) is 75.5 Å². The molecule has 9 heteroatoms. The number of fused-ring (bicyclic) bond motifs is 1. The van der Waals surface area contributed by atoms with Crippen molar-refractivity contribution in [3.63, 3.8) is 0 Å². The lowest BCUT2D eigenvalue weighted by Gasteiger charge is -2.34. The minimum Gasteiger partial charge on any atom is -0.486 e. The molecule has 0 amide bonds. The van der Waals surface area contributed by atoms with Gasteiger partial charge >= 0.3 is 0 Å². The zero-order valence-electron chi connectivity index (χ0n) is 23.6. The van der Waals surface area contributed by atoms with Gasteiger partial charge < -0.3 is 19.9 Å². The monoisotopic (exact) mass is 548 g/mol. The minimum atomic E-state index is -0.616. The molecule has 3 aliphatic rings. The van der Waals surface area contributed by atoms with Crippen molar-refractivity contribution in [1.82, 2.24) is 19.9 Å². The molecule has 2 aromatic heterocycles. The Kier molecular flexibility index (Phi) is 7.57. The summed E-state index contributed by atoms with van der Waals surface area (Å²) in [6.07, 6.45) is 8.21. The van der Waals surface area contributed by atoms with Crippen LogP contribution in [0.25, 0.3) is 11.3 Å². The van der Waals surface area contributed by atoms with E-state index in [9.17, 15) is 0 Å². The summed E-state index contributed by atoms with van der Waals surface area (Å²) in [5, 5.41) is 3.21. The van der Waals surface area contributed by atoms with E-state index < -0.39 is 11.6 Å². The first-order chi connectivity index (χ1) is 19.4. The molecule has 7 nitrogen and oxygen atoms in total. The van der Waals surface area contributed by atoms with Crippen molar-refractivity contribution >= 4 is 17.5 Å². The van der Waals surface area contributed by atoms with Crippen molar-refractivity contribution < 1.29 is 13.5 Å². The quantitative estimate of drug-likeness (QED) is 0.371. The van der Waals surface area contributed by atoms with Gasteiger partial charge in [0.2, 0.25) is 5.95 Å². The number of ether oxygens (including phenoxy) is 1. The zero-order chi connectivity index (χ0) is 27.8. The van der Waals surface area contributed by atoms with E-state index in [1.165, 1.54) is 30.2 Å². The van der Waals surface area contributed by atoms with Gasteiger partial charge in [-0.15, -0.1) is 0 Å². The molecular formula is C31H38F2N6O. The van der Waals surface area contributed by atoms with Crippen molar-refractivity contribution in [2.24, 2.45) is 0 Å². The smallest absolute Gasteiger partial charge is 0.229 e. The van der Waals surface area contributed by atoms with Crippen LogP contribution in [-0.2, 0) is 0 Å². The fourth-order valence-corrected chi connectivity index (χ4v) is 6.47. The first kappa shape index (κ1) is 26.9. The van der Waals surface area contributed by atoms with Crippen LogP contribution in [0.3, 0.4) is 0 Å².